The molecule has 0 heterocycles. The van der Waals surface area contributed by atoms with Gasteiger partial charge in [0.05, 0.1) is 0 Å². The second kappa shape index (κ2) is 6.53. The number of benzene rings is 1. The lowest BCUT2D eigenvalue weighted by molar-refractivity contribution is -0.121. The van der Waals surface area contributed by atoms with Crippen molar-refractivity contribution in [2.45, 2.75) is 44.9 Å². The SMILES string of the molecule is NCC1(CC(=O)Cc2cccc(Cl)c2)CCCCC1. The molecule has 1 aliphatic carbocycles. The molecule has 0 radical (unpaired) electrons. The van der Waals surface area contributed by atoms with E-state index in [9.17, 15) is 4.79 Å². The van der Waals surface area contributed by atoms with E-state index in [4.69, 9.17) is 17.3 Å². The maximum absolute atomic E-state index is 12.3. The molecule has 104 valence electrons. The predicted octanol–water partition coefficient (Wildman–Crippen LogP) is 3.75. The van der Waals surface area contributed by atoms with E-state index >= 15 is 0 Å². The van der Waals surface area contributed by atoms with Crippen LogP contribution in [0.4, 0.5) is 0 Å². The summed E-state index contributed by atoms with van der Waals surface area (Å²) in [6.45, 7) is 0.633. The van der Waals surface area contributed by atoms with Gasteiger partial charge in [-0.2, -0.15) is 0 Å². The fourth-order valence-electron chi connectivity index (χ4n) is 3.11. The molecule has 1 fully saturated rings. The summed E-state index contributed by atoms with van der Waals surface area (Å²) < 4.78 is 0. The Bertz CT molecular complexity index is 438. The summed E-state index contributed by atoms with van der Waals surface area (Å²) in [4.78, 5) is 12.3. The van der Waals surface area contributed by atoms with Crippen molar-refractivity contribution in [2.75, 3.05) is 6.54 Å². The third-order valence-corrected chi connectivity index (χ3v) is 4.44. The van der Waals surface area contributed by atoms with Gasteiger partial charge in [-0.25, -0.2) is 0 Å². The van der Waals surface area contributed by atoms with E-state index in [0.29, 0.717) is 24.4 Å². The molecule has 0 aromatic heterocycles. The average Bonchev–Trinajstić information content (AvgIpc) is 2.39. The molecule has 1 aliphatic rings. The maximum atomic E-state index is 12.3. The summed E-state index contributed by atoms with van der Waals surface area (Å²) in [6.07, 6.45) is 7.00. The fraction of sp³-hybridized carbons (Fsp3) is 0.562. The largest absolute Gasteiger partial charge is 0.330 e. The van der Waals surface area contributed by atoms with Crippen LogP contribution in [0.15, 0.2) is 24.3 Å². The van der Waals surface area contributed by atoms with Gasteiger partial charge in [-0.05, 0) is 42.5 Å². The van der Waals surface area contributed by atoms with E-state index in [1.807, 2.05) is 24.3 Å². The number of hydrogen-bond donors (Lipinski definition) is 1. The van der Waals surface area contributed by atoms with Crippen LogP contribution < -0.4 is 5.73 Å². The van der Waals surface area contributed by atoms with Crippen LogP contribution in [0.5, 0.6) is 0 Å². The first kappa shape index (κ1) is 14.5. The van der Waals surface area contributed by atoms with Gasteiger partial charge in [-0.15, -0.1) is 0 Å². The van der Waals surface area contributed by atoms with Crippen molar-refractivity contribution in [3.8, 4) is 0 Å². The minimum absolute atomic E-state index is 0.0634. The Morgan fingerprint density at radius 2 is 2.00 bits per heavy atom. The van der Waals surface area contributed by atoms with Crippen molar-refractivity contribution in [1.29, 1.82) is 0 Å². The highest BCUT2D eigenvalue weighted by molar-refractivity contribution is 6.30. The van der Waals surface area contributed by atoms with Crippen LogP contribution in [0.1, 0.15) is 44.1 Å². The number of nitrogens with two attached hydrogens (primary N) is 1. The van der Waals surface area contributed by atoms with E-state index in [0.717, 1.165) is 18.4 Å². The normalized spacial score (nSPS) is 18.2. The number of carbonyl (C=O) groups excluding carboxylic acids is 1. The minimum atomic E-state index is 0.0634. The van der Waals surface area contributed by atoms with Crippen LogP contribution in [0.2, 0.25) is 5.02 Å². The second-order valence-electron chi connectivity index (χ2n) is 5.79. The van der Waals surface area contributed by atoms with Crippen molar-refractivity contribution in [3.63, 3.8) is 0 Å². The molecule has 1 saturated carbocycles. The summed E-state index contributed by atoms with van der Waals surface area (Å²) in [5, 5.41) is 0.691. The number of rotatable bonds is 5. The monoisotopic (exact) mass is 279 g/mol. The average molecular weight is 280 g/mol. The zero-order valence-corrected chi connectivity index (χ0v) is 12.1. The lowest BCUT2D eigenvalue weighted by Gasteiger charge is -2.35. The quantitative estimate of drug-likeness (QED) is 0.892. The number of carbonyl (C=O) groups is 1. The first-order valence-electron chi connectivity index (χ1n) is 7.10. The molecule has 1 aromatic rings. The zero-order valence-electron chi connectivity index (χ0n) is 11.3. The number of ketones is 1. The molecule has 0 aliphatic heterocycles. The van der Waals surface area contributed by atoms with Crippen LogP contribution in [-0.2, 0) is 11.2 Å². The Kier molecular flexibility index (Phi) is 5.00. The number of Topliss-reactive ketones (excluding diaryl/α,β-unsaturated/α-hetero) is 1. The van der Waals surface area contributed by atoms with Crippen LogP contribution in [0, 0.1) is 5.41 Å². The topological polar surface area (TPSA) is 43.1 Å². The van der Waals surface area contributed by atoms with Gasteiger partial charge < -0.3 is 5.73 Å². The van der Waals surface area contributed by atoms with Crippen molar-refractivity contribution in [3.05, 3.63) is 34.9 Å². The van der Waals surface area contributed by atoms with Gasteiger partial charge in [-0.1, -0.05) is 43.0 Å². The van der Waals surface area contributed by atoms with E-state index in [1.165, 1.54) is 19.3 Å². The number of halogens is 1. The molecule has 1 aromatic carbocycles. The summed E-state index contributed by atoms with van der Waals surface area (Å²) in [6, 6.07) is 7.55. The minimum Gasteiger partial charge on any atom is -0.330 e. The van der Waals surface area contributed by atoms with Gasteiger partial charge in [0.25, 0.3) is 0 Å². The highest BCUT2D eigenvalue weighted by Gasteiger charge is 2.32. The molecule has 0 atom stereocenters. The Morgan fingerprint density at radius 1 is 1.26 bits per heavy atom. The predicted molar refractivity (Wildman–Crippen MR) is 79.4 cm³/mol. The Labute approximate surface area is 120 Å². The van der Waals surface area contributed by atoms with Gasteiger partial charge in [-0.3, -0.25) is 4.79 Å². The summed E-state index contributed by atoms with van der Waals surface area (Å²) >= 11 is 5.94. The van der Waals surface area contributed by atoms with Crippen molar-refractivity contribution in [1.82, 2.24) is 0 Å². The summed E-state index contributed by atoms with van der Waals surface area (Å²) in [5.41, 5.74) is 6.99. The molecule has 0 saturated heterocycles. The number of hydrogen-bond acceptors (Lipinski definition) is 2. The second-order valence-corrected chi connectivity index (χ2v) is 6.22. The van der Waals surface area contributed by atoms with Crippen molar-refractivity contribution < 1.29 is 4.79 Å². The molecule has 2 nitrogen and oxygen atoms in total. The Balaban J connectivity index is 1.96. The molecule has 0 spiro atoms. The maximum Gasteiger partial charge on any atom is 0.137 e. The van der Waals surface area contributed by atoms with Crippen LogP contribution >= 0.6 is 11.6 Å². The molecule has 0 unspecified atom stereocenters. The summed E-state index contributed by atoms with van der Waals surface area (Å²) in [7, 11) is 0. The van der Waals surface area contributed by atoms with E-state index in [1.54, 1.807) is 0 Å². The molecule has 2 N–H and O–H groups in total. The standard InChI is InChI=1S/C16H22ClNO/c17-14-6-4-5-13(9-14)10-15(19)11-16(12-18)7-2-1-3-8-16/h4-6,9H,1-3,7-8,10-12,18H2. The van der Waals surface area contributed by atoms with Crippen molar-refractivity contribution >= 4 is 17.4 Å². The highest BCUT2D eigenvalue weighted by Crippen LogP contribution is 2.38. The van der Waals surface area contributed by atoms with Crippen LogP contribution in [-0.4, -0.2) is 12.3 Å². The third kappa shape index (κ3) is 4.05. The van der Waals surface area contributed by atoms with Gasteiger partial charge in [0, 0.05) is 17.9 Å². The zero-order chi connectivity index (χ0) is 13.7. The molecular formula is C16H22ClNO. The summed E-state index contributed by atoms with van der Waals surface area (Å²) in [5.74, 6) is 0.287. The third-order valence-electron chi connectivity index (χ3n) is 4.21. The Hall–Kier alpha value is -0.860. The first-order chi connectivity index (χ1) is 9.13. The van der Waals surface area contributed by atoms with Gasteiger partial charge in [0.1, 0.15) is 5.78 Å². The molecular weight excluding hydrogens is 258 g/mol. The smallest absolute Gasteiger partial charge is 0.137 e. The van der Waals surface area contributed by atoms with Gasteiger partial charge >= 0.3 is 0 Å². The van der Waals surface area contributed by atoms with E-state index in [-0.39, 0.29) is 11.2 Å². The molecule has 0 bridgehead atoms. The highest BCUT2D eigenvalue weighted by atomic mass is 35.5. The molecule has 2 rings (SSSR count). The molecule has 19 heavy (non-hydrogen) atoms. The fourth-order valence-corrected chi connectivity index (χ4v) is 3.32. The lowest BCUT2D eigenvalue weighted by atomic mass is 9.70. The van der Waals surface area contributed by atoms with E-state index in [2.05, 4.69) is 0 Å². The molecule has 3 heteroatoms. The van der Waals surface area contributed by atoms with Gasteiger partial charge in [0.15, 0.2) is 0 Å². The Morgan fingerprint density at radius 3 is 2.63 bits per heavy atom. The van der Waals surface area contributed by atoms with Gasteiger partial charge in [0.2, 0.25) is 0 Å². The lowest BCUT2D eigenvalue weighted by Crippen LogP contribution is -2.35. The van der Waals surface area contributed by atoms with Crippen molar-refractivity contribution in [2.24, 2.45) is 11.1 Å². The molecule has 0 amide bonds. The first-order valence-corrected chi connectivity index (χ1v) is 7.48. The van der Waals surface area contributed by atoms with Crippen LogP contribution in [0.25, 0.3) is 0 Å². The van der Waals surface area contributed by atoms with E-state index < -0.39 is 0 Å². The van der Waals surface area contributed by atoms with Crippen LogP contribution in [0.3, 0.4) is 0 Å².